The van der Waals surface area contributed by atoms with Crippen LogP contribution in [0.15, 0.2) is 38.5 Å². The van der Waals surface area contributed by atoms with Crippen LogP contribution in [0.5, 0.6) is 0 Å². The van der Waals surface area contributed by atoms with Crippen LogP contribution in [0.25, 0.3) is 11.0 Å². The zero-order valence-electron chi connectivity index (χ0n) is 19.6. The minimum Gasteiger partial charge on any atom is -0.423 e. The van der Waals surface area contributed by atoms with E-state index in [-0.39, 0.29) is 31.4 Å². The maximum Gasteiger partial charge on any atom is 0.336 e. The van der Waals surface area contributed by atoms with Crippen molar-refractivity contribution >= 4 is 40.3 Å². The molecule has 0 radical (unpaired) electrons. The molecule has 1 aromatic heterocycles. The van der Waals surface area contributed by atoms with Crippen molar-refractivity contribution in [3.63, 3.8) is 0 Å². The fraction of sp³-hybridized carbons (Fsp3) is 0.435. The van der Waals surface area contributed by atoms with Gasteiger partial charge in [-0.3, -0.25) is 19.4 Å². The van der Waals surface area contributed by atoms with E-state index in [1.807, 2.05) is 0 Å². The highest BCUT2D eigenvalue weighted by molar-refractivity contribution is 5.99. The summed E-state index contributed by atoms with van der Waals surface area (Å²) in [6.07, 6.45) is 1.85. The fourth-order valence-electron chi connectivity index (χ4n) is 4.13. The summed E-state index contributed by atoms with van der Waals surface area (Å²) in [5, 5.41) is 6.27. The summed E-state index contributed by atoms with van der Waals surface area (Å²) in [5.74, 6) is -1.27. The van der Waals surface area contributed by atoms with Gasteiger partial charge in [-0.2, -0.15) is 0 Å². The number of amides is 3. The van der Waals surface area contributed by atoms with E-state index in [0.717, 1.165) is 10.9 Å². The predicted octanol–water partition coefficient (Wildman–Crippen LogP) is -0.472. The Morgan fingerprint density at radius 2 is 2.03 bits per heavy atom. The van der Waals surface area contributed by atoms with E-state index < -0.39 is 29.5 Å². The third-order valence-corrected chi connectivity index (χ3v) is 5.85. The van der Waals surface area contributed by atoms with Crippen molar-refractivity contribution in [2.45, 2.75) is 44.7 Å². The molecule has 1 aromatic carbocycles. The maximum atomic E-state index is 13.1. The molecule has 0 bridgehead atoms. The van der Waals surface area contributed by atoms with Gasteiger partial charge in [0, 0.05) is 36.3 Å². The minimum atomic E-state index is -0.910. The number of rotatable bonds is 9. The lowest BCUT2D eigenvalue weighted by Gasteiger charge is -2.26. The van der Waals surface area contributed by atoms with Crippen LogP contribution in [0.1, 0.15) is 31.2 Å². The van der Waals surface area contributed by atoms with Gasteiger partial charge in [0.15, 0.2) is 5.96 Å². The molecular weight excluding hydrogens is 454 g/mol. The Balaban J connectivity index is 1.76. The normalized spacial score (nSPS) is 16.1. The van der Waals surface area contributed by atoms with Crippen molar-refractivity contribution < 1.29 is 18.8 Å². The summed E-state index contributed by atoms with van der Waals surface area (Å²) in [5.41, 5.74) is 17.2. The zero-order valence-corrected chi connectivity index (χ0v) is 19.6. The lowest BCUT2D eigenvalue weighted by molar-refractivity contribution is -0.138. The van der Waals surface area contributed by atoms with Crippen molar-refractivity contribution in [1.29, 1.82) is 0 Å². The predicted molar refractivity (Wildman–Crippen MR) is 131 cm³/mol. The SMILES string of the molecule is Cc1cc(=O)oc2cc(NC(=O)[C@H](CCCN=C(N)N)NC(=O)[C@@H]3CCCN3C(=O)CN)ccc12. The second kappa shape index (κ2) is 11.5. The van der Waals surface area contributed by atoms with Crippen molar-refractivity contribution in [3.05, 3.63) is 40.2 Å². The summed E-state index contributed by atoms with van der Waals surface area (Å²) >= 11 is 0. The molecule has 3 amide bonds. The number of guanidine groups is 1. The molecule has 12 heteroatoms. The quantitative estimate of drug-likeness (QED) is 0.136. The first kappa shape index (κ1) is 25.7. The van der Waals surface area contributed by atoms with E-state index in [1.54, 1.807) is 25.1 Å². The summed E-state index contributed by atoms with van der Waals surface area (Å²) < 4.78 is 5.24. The number of aryl methyl sites for hydroxylation is 1. The summed E-state index contributed by atoms with van der Waals surface area (Å²) in [4.78, 5) is 55.3. The summed E-state index contributed by atoms with van der Waals surface area (Å²) in [6, 6.07) is 4.78. The highest BCUT2D eigenvalue weighted by Crippen LogP contribution is 2.21. The number of hydrogen-bond acceptors (Lipinski definition) is 7. The summed E-state index contributed by atoms with van der Waals surface area (Å²) in [6.45, 7) is 2.33. The number of fused-ring (bicyclic) bond motifs is 1. The van der Waals surface area contributed by atoms with Gasteiger partial charge in [-0.25, -0.2) is 4.79 Å². The first-order valence-corrected chi connectivity index (χ1v) is 11.4. The van der Waals surface area contributed by atoms with Crippen molar-refractivity contribution in [2.24, 2.45) is 22.2 Å². The molecule has 0 spiro atoms. The number of benzene rings is 1. The molecule has 0 saturated carbocycles. The third kappa shape index (κ3) is 6.57. The van der Waals surface area contributed by atoms with Gasteiger partial charge in [0.2, 0.25) is 17.7 Å². The van der Waals surface area contributed by atoms with E-state index >= 15 is 0 Å². The average molecular weight is 486 g/mol. The molecule has 35 heavy (non-hydrogen) atoms. The molecule has 8 N–H and O–H groups in total. The molecule has 3 rings (SSSR count). The van der Waals surface area contributed by atoms with Crippen molar-refractivity contribution in [3.8, 4) is 0 Å². The monoisotopic (exact) mass is 485 g/mol. The largest absolute Gasteiger partial charge is 0.423 e. The van der Waals surface area contributed by atoms with Crippen LogP contribution in [-0.2, 0) is 14.4 Å². The van der Waals surface area contributed by atoms with Gasteiger partial charge in [-0.1, -0.05) is 0 Å². The Morgan fingerprint density at radius 1 is 1.26 bits per heavy atom. The number of likely N-dealkylation sites (tertiary alicyclic amines) is 1. The van der Waals surface area contributed by atoms with Crippen LogP contribution in [-0.4, -0.2) is 60.3 Å². The van der Waals surface area contributed by atoms with Gasteiger partial charge in [-0.15, -0.1) is 0 Å². The second-order valence-electron chi connectivity index (χ2n) is 8.41. The lowest BCUT2D eigenvalue weighted by atomic mass is 10.1. The molecule has 1 aliphatic heterocycles. The van der Waals surface area contributed by atoms with Crippen molar-refractivity contribution in [2.75, 3.05) is 25.0 Å². The number of carbonyl (C=O) groups is 3. The van der Waals surface area contributed by atoms with Crippen LogP contribution in [0.2, 0.25) is 0 Å². The van der Waals surface area contributed by atoms with Crippen LogP contribution < -0.4 is 33.5 Å². The molecule has 12 nitrogen and oxygen atoms in total. The molecule has 2 heterocycles. The number of hydrogen-bond donors (Lipinski definition) is 5. The Kier molecular flexibility index (Phi) is 8.42. The molecule has 2 atom stereocenters. The van der Waals surface area contributed by atoms with E-state index in [2.05, 4.69) is 15.6 Å². The number of carbonyl (C=O) groups excluding carboxylic acids is 3. The molecule has 2 aromatic rings. The van der Waals surface area contributed by atoms with Gasteiger partial charge in [0.1, 0.15) is 17.7 Å². The molecular formula is C23H31N7O5. The van der Waals surface area contributed by atoms with Crippen LogP contribution in [0.3, 0.4) is 0 Å². The highest BCUT2D eigenvalue weighted by Gasteiger charge is 2.35. The number of aliphatic imine (C=N–C) groups is 1. The second-order valence-corrected chi connectivity index (χ2v) is 8.41. The minimum absolute atomic E-state index is 0.0649. The molecule has 0 unspecified atom stereocenters. The number of nitrogens with one attached hydrogen (secondary N) is 2. The topological polar surface area (TPSA) is 199 Å². The Hall–Kier alpha value is -3.93. The van der Waals surface area contributed by atoms with Gasteiger partial charge >= 0.3 is 5.63 Å². The van der Waals surface area contributed by atoms with Gasteiger partial charge < -0.3 is 37.2 Å². The van der Waals surface area contributed by atoms with Gasteiger partial charge in [0.05, 0.1) is 6.54 Å². The Labute approximate surface area is 201 Å². The molecule has 188 valence electrons. The van der Waals surface area contributed by atoms with Gasteiger partial charge in [0.25, 0.3) is 0 Å². The van der Waals surface area contributed by atoms with Crippen LogP contribution >= 0.6 is 0 Å². The Bertz CT molecular complexity index is 1190. The first-order chi connectivity index (χ1) is 16.7. The first-order valence-electron chi connectivity index (χ1n) is 11.4. The number of anilines is 1. The third-order valence-electron chi connectivity index (χ3n) is 5.85. The Morgan fingerprint density at radius 3 is 2.74 bits per heavy atom. The standard InChI is InChI=1S/C23H31N7O5/c1-13-10-20(32)35-18-11-14(6-7-15(13)18)28-21(33)16(4-2-8-27-23(25)26)29-22(34)17-5-3-9-30(17)19(31)12-24/h6-7,10-11,16-17H,2-5,8-9,12,24H2,1H3,(H,28,33)(H,29,34)(H4,25,26,27)/t16-,17-/m0/s1. The van der Waals surface area contributed by atoms with E-state index in [1.165, 1.54) is 11.0 Å². The fourth-order valence-corrected chi connectivity index (χ4v) is 4.13. The van der Waals surface area contributed by atoms with Gasteiger partial charge in [-0.05, 0) is 50.3 Å². The molecule has 1 aliphatic rings. The summed E-state index contributed by atoms with van der Waals surface area (Å²) in [7, 11) is 0. The number of nitrogens with zero attached hydrogens (tertiary/aromatic N) is 2. The van der Waals surface area contributed by atoms with Crippen molar-refractivity contribution in [1.82, 2.24) is 10.2 Å². The van der Waals surface area contributed by atoms with E-state index in [4.69, 9.17) is 21.6 Å². The van der Waals surface area contributed by atoms with E-state index in [9.17, 15) is 19.2 Å². The highest BCUT2D eigenvalue weighted by atomic mass is 16.4. The number of nitrogens with two attached hydrogens (primary N) is 3. The lowest BCUT2D eigenvalue weighted by Crippen LogP contribution is -2.52. The molecule has 0 aliphatic carbocycles. The van der Waals surface area contributed by atoms with E-state index in [0.29, 0.717) is 37.1 Å². The average Bonchev–Trinajstić information content (AvgIpc) is 3.30. The van der Waals surface area contributed by atoms with Crippen LogP contribution in [0, 0.1) is 6.92 Å². The maximum absolute atomic E-state index is 13.1. The molecule has 1 saturated heterocycles. The molecule has 1 fully saturated rings. The smallest absolute Gasteiger partial charge is 0.336 e. The zero-order chi connectivity index (χ0) is 25.5. The van der Waals surface area contributed by atoms with Crippen LogP contribution in [0.4, 0.5) is 5.69 Å².